The van der Waals surface area contributed by atoms with E-state index in [4.69, 9.17) is 33.7 Å². The molecule has 9 N–H and O–H groups in total. The maximum absolute atomic E-state index is 13.4. The first kappa shape index (κ1) is 64.4. The predicted molar refractivity (Wildman–Crippen MR) is 269 cm³/mol. The molecule has 0 amide bonds. The summed E-state index contributed by atoms with van der Waals surface area (Å²) < 4.78 is 64.7. The van der Waals surface area contributed by atoms with E-state index in [0.717, 1.165) is 55.2 Å². The third-order valence-corrected chi connectivity index (χ3v) is 15.5. The fraction of sp³-hybridized carbons (Fsp3) is 0.796. The number of cyclic esters (lactones) is 1. The monoisotopic (exact) mass is 1080 g/mol. The number of rotatable bonds is 23. The average molecular weight is 1080 g/mol. The van der Waals surface area contributed by atoms with Crippen LogP contribution in [0.25, 0.3) is 0 Å². The molecule has 13 atom stereocenters. The van der Waals surface area contributed by atoms with Crippen molar-refractivity contribution >= 4 is 33.4 Å². The Morgan fingerprint density at radius 2 is 1.53 bits per heavy atom. The van der Waals surface area contributed by atoms with Gasteiger partial charge in [-0.3, -0.25) is 23.2 Å². The van der Waals surface area contributed by atoms with E-state index in [2.05, 4.69) is 23.1 Å². The van der Waals surface area contributed by atoms with Gasteiger partial charge in [0.05, 0.1) is 25.4 Å². The number of carbonyl (C=O) groups excluding carboxylic acids is 2. The summed E-state index contributed by atoms with van der Waals surface area (Å²) >= 11 is 0. The number of aliphatic hydroxyl groups is 5. The molecule has 0 saturated carbocycles. The second kappa shape index (κ2) is 34.7. The Morgan fingerprint density at radius 1 is 0.890 bits per heavy atom. The molecule has 0 aliphatic carbocycles. The summed E-state index contributed by atoms with van der Waals surface area (Å²) in [6.07, 6.45) is 6.95. The topological polar surface area (TPSA) is 335 Å². The van der Waals surface area contributed by atoms with E-state index in [0.29, 0.717) is 19.3 Å². The molecule has 1 saturated heterocycles. The van der Waals surface area contributed by atoms with Crippen LogP contribution in [-0.2, 0) is 51.0 Å². The molecule has 3 heterocycles. The third kappa shape index (κ3) is 26.1. The van der Waals surface area contributed by atoms with Gasteiger partial charge in [-0.1, -0.05) is 135 Å². The SMILES string of the molecule is CCCCC[C@H](O)/C=C/[C@H]1OC(O)C[C@H](O)[C@@H]2CC=CCCCC(=O)O[C@H](COC(=O)CCCCCCCCCCCCC(C)CC)COP(=O)(O)OP(=O)(O)OC[C@@H](O[C@H]2n2ccc(N)nc2=O)[C@@H](O)[C@H]1O. The summed E-state index contributed by atoms with van der Waals surface area (Å²) in [5, 5.41) is 56.8. The number of aromatic nitrogens is 2. The van der Waals surface area contributed by atoms with E-state index in [1.165, 1.54) is 63.2 Å². The van der Waals surface area contributed by atoms with Crippen molar-refractivity contribution in [1.29, 1.82) is 0 Å². The van der Waals surface area contributed by atoms with Crippen molar-refractivity contribution in [2.24, 2.45) is 11.8 Å². The number of carbonyl (C=O) groups is 2. The van der Waals surface area contributed by atoms with Crippen LogP contribution in [0.5, 0.6) is 0 Å². The highest BCUT2D eigenvalue weighted by Gasteiger charge is 2.44. The van der Waals surface area contributed by atoms with Gasteiger partial charge < -0.3 is 60.0 Å². The molecule has 4 unspecified atom stereocenters. The van der Waals surface area contributed by atoms with Gasteiger partial charge in [-0.15, -0.1) is 0 Å². The zero-order chi connectivity index (χ0) is 53.8. The number of nitrogen functional groups attached to an aromatic ring is 1. The molecule has 2 aliphatic rings. The molecular weight excluding hydrogens is 996 g/mol. The van der Waals surface area contributed by atoms with Gasteiger partial charge in [0.1, 0.15) is 43.1 Å². The van der Waals surface area contributed by atoms with Crippen LogP contribution < -0.4 is 11.4 Å². The minimum absolute atomic E-state index is 0.0760. The number of aliphatic hydroxyl groups excluding tert-OH is 5. The number of allylic oxidation sites excluding steroid dienone is 2. The van der Waals surface area contributed by atoms with E-state index in [1.807, 2.05) is 6.92 Å². The van der Waals surface area contributed by atoms with Crippen molar-refractivity contribution in [2.45, 2.75) is 217 Å². The highest BCUT2D eigenvalue weighted by atomic mass is 31.3. The molecule has 1 fully saturated rings. The molecule has 73 heavy (non-hydrogen) atoms. The molecule has 24 heteroatoms. The van der Waals surface area contributed by atoms with Crippen LogP contribution >= 0.6 is 15.6 Å². The number of fused-ring (bicyclic) bond motifs is 3. The van der Waals surface area contributed by atoms with Crippen LogP contribution in [0.2, 0.25) is 0 Å². The van der Waals surface area contributed by atoms with E-state index in [-0.39, 0.29) is 37.9 Å². The van der Waals surface area contributed by atoms with Crippen molar-refractivity contribution in [3.05, 3.63) is 47.1 Å². The molecule has 420 valence electrons. The van der Waals surface area contributed by atoms with Crippen LogP contribution in [0.3, 0.4) is 0 Å². The number of nitrogens with two attached hydrogens (primary N) is 1. The van der Waals surface area contributed by atoms with E-state index in [9.17, 15) is 58.8 Å². The van der Waals surface area contributed by atoms with Crippen molar-refractivity contribution < 1.29 is 86.3 Å². The summed E-state index contributed by atoms with van der Waals surface area (Å²) in [4.78, 5) is 64.2. The zero-order valence-electron chi connectivity index (χ0n) is 42.9. The quantitative estimate of drug-likeness (QED) is 0.0248. The number of anilines is 1. The van der Waals surface area contributed by atoms with Gasteiger partial charge in [0.15, 0.2) is 12.4 Å². The second-order valence-corrected chi connectivity index (χ2v) is 22.2. The lowest BCUT2D eigenvalue weighted by atomic mass is 9.92. The van der Waals surface area contributed by atoms with Crippen molar-refractivity contribution in [2.75, 3.05) is 25.6 Å². The molecule has 1 aromatic heterocycles. The normalized spacial score (nSPS) is 30.5. The fourth-order valence-electron chi connectivity index (χ4n) is 8.32. The molecule has 0 spiro atoms. The maximum Gasteiger partial charge on any atom is 0.481 e. The van der Waals surface area contributed by atoms with Crippen LogP contribution in [-0.4, -0.2) is 126 Å². The lowest BCUT2D eigenvalue weighted by Gasteiger charge is -2.36. The summed E-state index contributed by atoms with van der Waals surface area (Å²) in [7, 11) is -11.3. The molecule has 0 radical (unpaired) electrons. The average Bonchev–Trinajstić information content (AvgIpc) is 3.33. The van der Waals surface area contributed by atoms with Crippen molar-refractivity contribution in [1.82, 2.24) is 9.55 Å². The first-order chi connectivity index (χ1) is 34.7. The molecular formula is C49H85N3O19P2. The number of hydrogen-bond donors (Lipinski definition) is 8. The van der Waals surface area contributed by atoms with Gasteiger partial charge in [-0.2, -0.15) is 9.29 Å². The Labute approximate surface area is 429 Å². The minimum Gasteiger partial charge on any atom is -0.462 e. The van der Waals surface area contributed by atoms with Crippen molar-refractivity contribution in [3.8, 4) is 0 Å². The van der Waals surface area contributed by atoms with Gasteiger partial charge in [0.25, 0.3) is 0 Å². The molecule has 3 rings (SSSR count). The predicted octanol–water partition coefficient (Wildman–Crippen LogP) is 6.58. The van der Waals surface area contributed by atoms with Gasteiger partial charge in [0, 0.05) is 31.4 Å². The Balaban J connectivity index is 1.81. The summed E-state index contributed by atoms with van der Waals surface area (Å²) in [5.74, 6) is -2.05. The van der Waals surface area contributed by atoms with Crippen LogP contribution in [0.4, 0.5) is 5.82 Å². The highest BCUT2D eigenvalue weighted by Crippen LogP contribution is 2.60. The van der Waals surface area contributed by atoms with E-state index in [1.54, 1.807) is 12.2 Å². The lowest BCUT2D eigenvalue weighted by Crippen LogP contribution is -2.49. The maximum atomic E-state index is 13.4. The molecule has 2 aliphatic heterocycles. The highest BCUT2D eigenvalue weighted by molar-refractivity contribution is 7.61. The number of nitrogens with zero attached hydrogens (tertiary/aromatic N) is 2. The summed E-state index contributed by atoms with van der Waals surface area (Å²) in [6, 6.07) is 1.23. The first-order valence-corrected chi connectivity index (χ1v) is 29.1. The van der Waals surface area contributed by atoms with Gasteiger partial charge in [-0.05, 0) is 44.1 Å². The number of unbranched alkanes of at least 4 members (excludes halogenated alkanes) is 11. The second-order valence-electron chi connectivity index (χ2n) is 19.2. The molecule has 2 bridgehead atoms. The number of hydrogen-bond acceptors (Lipinski definition) is 19. The van der Waals surface area contributed by atoms with E-state index >= 15 is 0 Å². The number of phosphoric acid groups is 2. The number of ether oxygens (including phenoxy) is 4. The standard InChI is InChI=1S/C49H85N3O19P2/c1-4-6-17-23-36(53)27-28-40-46(58)47(59)41-34-67-73(63,64)71-72(61,62)66-33-37(32-65-43(55)25-20-14-12-10-8-7-9-11-13-18-22-35(3)5-2)68-44(56)26-21-16-15-19-24-38(39(54)31-45(57)69-40)48(70-41)52-30-29-42(50)51-49(52)60/h15,19,27-30,35-41,45-48,53-54,57-59H,4-14,16-18,20-26,31-34H2,1-3H3,(H,61,62)(H,63,64)(H2,50,51,60)/b19-15?,28-27+/t35?,36-,37+,38-,39-,40+,41+,45?,46-,47+,48+/m0/s1. The molecule has 0 aromatic carbocycles. The number of esters is 2. The zero-order valence-corrected chi connectivity index (χ0v) is 44.7. The van der Waals surface area contributed by atoms with Crippen LogP contribution in [0.15, 0.2) is 41.4 Å². The van der Waals surface area contributed by atoms with Gasteiger partial charge in [-0.25, -0.2) is 13.9 Å². The molecule has 22 nitrogen and oxygen atoms in total. The van der Waals surface area contributed by atoms with Crippen LogP contribution in [0, 0.1) is 11.8 Å². The smallest absolute Gasteiger partial charge is 0.462 e. The van der Waals surface area contributed by atoms with E-state index < -0.39 is 121 Å². The Morgan fingerprint density at radius 3 is 2.19 bits per heavy atom. The minimum atomic E-state index is -5.73. The summed E-state index contributed by atoms with van der Waals surface area (Å²) in [5.41, 5.74) is 4.75. The van der Waals surface area contributed by atoms with Crippen molar-refractivity contribution in [3.63, 3.8) is 0 Å². The number of phosphoric ester groups is 2. The Kier molecular flexibility index (Phi) is 30.6. The third-order valence-electron chi connectivity index (χ3n) is 12.9. The fourth-order valence-corrected chi connectivity index (χ4v) is 10.4. The van der Waals surface area contributed by atoms with Gasteiger partial charge in [0.2, 0.25) is 0 Å². The summed E-state index contributed by atoms with van der Waals surface area (Å²) in [6.45, 7) is 3.75. The Bertz CT molecular complexity index is 1960. The van der Waals surface area contributed by atoms with Gasteiger partial charge >= 0.3 is 33.3 Å². The first-order valence-electron chi connectivity index (χ1n) is 26.1. The lowest BCUT2D eigenvalue weighted by molar-refractivity contribution is -0.192. The Hall–Kier alpha value is -2.92. The largest absolute Gasteiger partial charge is 0.481 e. The molecule has 1 aromatic rings. The van der Waals surface area contributed by atoms with Crippen LogP contribution in [0.1, 0.15) is 168 Å².